The first-order chi connectivity index (χ1) is 7.56. The number of rotatable bonds is 2. The first-order valence-corrected chi connectivity index (χ1v) is 6.21. The lowest BCUT2D eigenvalue weighted by atomic mass is 10.2. The molecule has 0 atom stereocenters. The minimum atomic E-state index is 0.589. The molecule has 0 saturated heterocycles. The molecule has 0 unspecified atom stereocenters. The zero-order valence-corrected chi connectivity index (χ0v) is 10.8. The summed E-state index contributed by atoms with van der Waals surface area (Å²) in [6.45, 7) is 12.2. The number of hydrogen-bond donors (Lipinski definition) is 1. The summed E-state index contributed by atoms with van der Waals surface area (Å²) in [6, 6.07) is 5.61. The first-order valence-electron chi connectivity index (χ1n) is 6.21. The van der Waals surface area contributed by atoms with E-state index in [9.17, 15) is 0 Å². The summed E-state index contributed by atoms with van der Waals surface area (Å²) in [6.07, 6.45) is 0. The van der Waals surface area contributed by atoms with Gasteiger partial charge >= 0.3 is 0 Å². The third kappa shape index (κ3) is 2.47. The van der Waals surface area contributed by atoms with Crippen LogP contribution in [0.1, 0.15) is 39.1 Å². The van der Waals surface area contributed by atoms with Crippen molar-refractivity contribution in [2.45, 2.75) is 52.9 Å². The molecule has 2 rings (SSSR count). The molecular formula is C13H23N3. The van der Waals surface area contributed by atoms with E-state index in [4.69, 9.17) is 0 Å². The van der Waals surface area contributed by atoms with Crippen LogP contribution in [0.2, 0.25) is 0 Å². The van der Waals surface area contributed by atoms with Crippen LogP contribution in [0.5, 0.6) is 0 Å². The van der Waals surface area contributed by atoms with Crippen molar-refractivity contribution in [2.75, 3.05) is 6.67 Å². The van der Waals surface area contributed by atoms with Gasteiger partial charge in [-0.25, -0.2) is 0 Å². The summed E-state index contributed by atoms with van der Waals surface area (Å²) in [4.78, 5) is 8.52. The highest BCUT2D eigenvalue weighted by Gasteiger charge is 2.20. The Labute approximate surface area is 98.4 Å². The first kappa shape index (κ1) is 11.7. The summed E-state index contributed by atoms with van der Waals surface area (Å²) >= 11 is 0. The van der Waals surface area contributed by atoms with E-state index in [1.165, 1.54) is 11.4 Å². The van der Waals surface area contributed by atoms with Gasteiger partial charge in [-0.3, -0.25) is 9.80 Å². The summed E-state index contributed by atoms with van der Waals surface area (Å²) in [7, 11) is 0. The molecule has 2 heterocycles. The molecule has 3 nitrogen and oxygen atoms in total. The molecule has 1 aliphatic rings. The van der Waals surface area contributed by atoms with Crippen LogP contribution >= 0.6 is 0 Å². The Morgan fingerprint density at radius 3 is 1.75 bits per heavy atom. The fraction of sp³-hybridized carbons (Fsp3) is 0.692. The van der Waals surface area contributed by atoms with Gasteiger partial charge in [-0.2, -0.15) is 0 Å². The van der Waals surface area contributed by atoms with Gasteiger partial charge in [0.15, 0.2) is 0 Å². The van der Waals surface area contributed by atoms with E-state index in [2.05, 4.69) is 54.6 Å². The number of nitrogens with zero attached hydrogens (tertiary/aromatic N) is 2. The van der Waals surface area contributed by atoms with E-state index in [0.717, 1.165) is 19.8 Å². The van der Waals surface area contributed by atoms with Crippen LogP contribution < -0.4 is 0 Å². The van der Waals surface area contributed by atoms with Gasteiger partial charge in [-0.15, -0.1) is 0 Å². The maximum atomic E-state index is 3.50. The number of nitrogens with one attached hydrogen (secondary N) is 1. The molecule has 0 spiro atoms. The number of aromatic amines is 1. The average molecular weight is 221 g/mol. The average Bonchev–Trinajstić information content (AvgIpc) is 2.60. The van der Waals surface area contributed by atoms with Crippen LogP contribution in [0.4, 0.5) is 0 Å². The fourth-order valence-corrected chi connectivity index (χ4v) is 2.14. The van der Waals surface area contributed by atoms with Crippen LogP contribution in [0.3, 0.4) is 0 Å². The van der Waals surface area contributed by atoms with E-state index in [1.54, 1.807) is 0 Å². The van der Waals surface area contributed by atoms with Crippen molar-refractivity contribution in [3.8, 4) is 0 Å². The predicted molar refractivity (Wildman–Crippen MR) is 67.0 cm³/mol. The quantitative estimate of drug-likeness (QED) is 0.828. The largest absolute Gasteiger partial charge is 0.360 e. The minimum absolute atomic E-state index is 0.589. The van der Waals surface area contributed by atoms with Crippen molar-refractivity contribution < 1.29 is 0 Å². The van der Waals surface area contributed by atoms with Gasteiger partial charge in [0.05, 0.1) is 6.67 Å². The molecule has 2 bridgehead atoms. The summed E-state index contributed by atoms with van der Waals surface area (Å²) in [5, 5.41) is 0. The molecule has 0 aromatic carbocycles. The van der Waals surface area contributed by atoms with Gasteiger partial charge in [0.1, 0.15) is 0 Å². The van der Waals surface area contributed by atoms with Gasteiger partial charge in [0.2, 0.25) is 0 Å². The number of aromatic nitrogens is 1. The highest BCUT2D eigenvalue weighted by molar-refractivity contribution is 5.14. The third-order valence-corrected chi connectivity index (χ3v) is 3.38. The molecule has 0 saturated carbocycles. The van der Waals surface area contributed by atoms with Gasteiger partial charge in [-0.05, 0) is 39.8 Å². The van der Waals surface area contributed by atoms with E-state index >= 15 is 0 Å². The maximum Gasteiger partial charge on any atom is 0.0519 e. The van der Waals surface area contributed by atoms with Gasteiger partial charge in [0, 0.05) is 36.6 Å². The van der Waals surface area contributed by atoms with Crippen molar-refractivity contribution in [1.82, 2.24) is 14.8 Å². The summed E-state index contributed by atoms with van der Waals surface area (Å²) in [5.41, 5.74) is 2.68. The Kier molecular flexibility index (Phi) is 3.36. The number of H-pyrrole nitrogens is 1. The topological polar surface area (TPSA) is 22.3 Å². The zero-order valence-electron chi connectivity index (χ0n) is 10.8. The second-order valence-electron chi connectivity index (χ2n) is 5.33. The Hall–Kier alpha value is -0.800. The number of hydrogen-bond acceptors (Lipinski definition) is 2. The third-order valence-electron chi connectivity index (χ3n) is 3.38. The normalized spacial score (nSPS) is 19.1. The molecule has 0 fully saturated rings. The van der Waals surface area contributed by atoms with Crippen LogP contribution in [0.15, 0.2) is 12.1 Å². The molecule has 0 radical (unpaired) electrons. The molecule has 90 valence electrons. The molecule has 1 N–H and O–H groups in total. The summed E-state index contributed by atoms with van der Waals surface area (Å²) < 4.78 is 0. The van der Waals surface area contributed by atoms with E-state index in [0.29, 0.717) is 12.1 Å². The van der Waals surface area contributed by atoms with Crippen molar-refractivity contribution in [3.63, 3.8) is 0 Å². The Bertz CT molecular complexity index is 310. The second kappa shape index (κ2) is 4.60. The molecule has 1 aliphatic heterocycles. The Morgan fingerprint density at radius 1 is 0.938 bits per heavy atom. The van der Waals surface area contributed by atoms with Gasteiger partial charge in [0.25, 0.3) is 0 Å². The molecule has 1 aromatic rings. The van der Waals surface area contributed by atoms with E-state index < -0.39 is 0 Å². The summed E-state index contributed by atoms with van der Waals surface area (Å²) in [5.74, 6) is 0. The fourth-order valence-electron chi connectivity index (χ4n) is 2.14. The second-order valence-corrected chi connectivity index (χ2v) is 5.33. The monoisotopic (exact) mass is 221 g/mol. The van der Waals surface area contributed by atoms with Crippen LogP contribution in [0.25, 0.3) is 0 Å². The maximum absolute atomic E-state index is 3.50. The molecular weight excluding hydrogens is 198 g/mol. The molecule has 0 amide bonds. The molecule has 16 heavy (non-hydrogen) atoms. The van der Waals surface area contributed by atoms with Crippen LogP contribution in [-0.4, -0.2) is 33.5 Å². The van der Waals surface area contributed by atoms with Crippen molar-refractivity contribution in [2.24, 2.45) is 0 Å². The van der Waals surface area contributed by atoms with E-state index in [1.807, 2.05) is 0 Å². The Balaban J connectivity index is 2.22. The van der Waals surface area contributed by atoms with Crippen molar-refractivity contribution >= 4 is 0 Å². The molecule has 0 aliphatic carbocycles. The highest BCUT2D eigenvalue weighted by atomic mass is 15.3. The standard InChI is InChI=1S/C13H23N3/c1-10(2)15-7-12-5-6-13(14-12)8-16(9-15)11(3)4/h5-6,10-11,14H,7-9H2,1-4H3. The zero-order chi connectivity index (χ0) is 11.7. The van der Waals surface area contributed by atoms with Crippen molar-refractivity contribution in [1.29, 1.82) is 0 Å². The molecule has 3 heteroatoms. The van der Waals surface area contributed by atoms with Gasteiger partial charge < -0.3 is 4.98 Å². The smallest absolute Gasteiger partial charge is 0.0519 e. The number of fused-ring (bicyclic) bond motifs is 2. The van der Waals surface area contributed by atoms with Crippen molar-refractivity contribution in [3.05, 3.63) is 23.5 Å². The lowest BCUT2D eigenvalue weighted by molar-refractivity contribution is 0.0660. The Morgan fingerprint density at radius 2 is 1.38 bits per heavy atom. The minimum Gasteiger partial charge on any atom is -0.360 e. The predicted octanol–water partition coefficient (Wildman–Crippen LogP) is 2.41. The van der Waals surface area contributed by atoms with Gasteiger partial charge in [-0.1, -0.05) is 0 Å². The SMILES string of the molecule is CC(C)N1Cc2ccc([nH]2)CN(C(C)C)C1. The molecule has 1 aromatic heterocycles. The lowest BCUT2D eigenvalue weighted by Gasteiger charge is -2.36. The van der Waals surface area contributed by atoms with Crippen LogP contribution in [0, 0.1) is 0 Å². The van der Waals surface area contributed by atoms with Crippen LogP contribution in [-0.2, 0) is 13.1 Å². The highest BCUT2D eigenvalue weighted by Crippen LogP contribution is 2.17. The van der Waals surface area contributed by atoms with E-state index in [-0.39, 0.29) is 0 Å². The lowest BCUT2D eigenvalue weighted by Crippen LogP contribution is -2.44.